The summed E-state index contributed by atoms with van der Waals surface area (Å²) in [6, 6.07) is -0.428. The Hall–Kier alpha value is -1.37. The summed E-state index contributed by atoms with van der Waals surface area (Å²) in [5.74, 6) is 0.657. The molecular weight excluding hydrogens is 277 g/mol. The molecule has 0 unspecified atom stereocenters. The Balaban J connectivity index is 5.15. The van der Waals surface area contributed by atoms with Gasteiger partial charge in [-0.15, -0.1) is 0 Å². The molecule has 0 aliphatic rings. The fourth-order valence-electron chi connectivity index (χ4n) is 1.31. The zero-order chi connectivity index (χ0) is 15.3. The highest BCUT2D eigenvalue weighted by Gasteiger charge is 2.51. The van der Waals surface area contributed by atoms with Crippen molar-refractivity contribution in [1.82, 2.24) is 0 Å². The number of allylic oxidation sites excluding steroid dienone is 3. The number of rotatable bonds is 8. The lowest BCUT2D eigenvalue weighted by Crippen LogP contribution is -2.45. The molecule has 0 amide bonds. The van der Waals surface area contributed by atoms with Gasteiger partial charge in [0.2, 0.25) is 0 Å². The molecule has 0 aromatic rings. The van der Waals surface area contributed by atoms with Crippen LogP contribution in [0.1, 0.15) is 27.2 Å². The van der Waals surface area contributed by atoms with E-state index in [-0.39, 0.29) is 17.3 Å². The summed E-state index contributed by atoms with van der Waals surface area (Å²) in [4.78, 5) is 0. The van der Waals surface area contributed by atoms with E-state index in [1.165, 1.54) is 20.8 Å². The average molecular weight is 296 g/mol. The first kappa shape index (κ1) is 17.6. The number of alkyl halides is 3. The van der Waals surface area contributed by atoms with Gasteiger partial charge in [0.1, 0.15) is 0 Å². The van der Waals surface area contributed by atoms with Gasteiger partial charge in [-0.3, -0.25) is 0 Å². The lowest BCUT2D eigenvalue weighted by atomic mass is 10.5. The maximum absolute atomic E-state index is 12.4. The molecular formula is C12H19F3O3Si. The second-order valence-electron chi connectivity index (χ2n) is 4.21. The topological polar surface area (TPSA) is 27.7 Å². The highest BCUT2D eigenvalue weighted by Crippen LogP contribution is 2.31. The molecule has 0 heterocycles. The molecule has 0 N–H and O–H groups in total. The summed E-state index contributed by atoms with van der Waals surface area (Å²) in [6.07, 6.45) is -5.40. The molecule has 0 bridgehead atoms. The molecule has 0 aliphatic carbocycles. The maximum atomic E-state index is 12.4. The normalized spacial score (nSPS) is 11.7. The minimum absolute atomic E-state index is 0.219. The zero-order valence-electron chi connectivity index (χ0n) is 11.4. The summed E-state index contributed by atoms with van der Waals surface area (Å²) in [5, 5.41) is 0. The van der Waals surface area contributed by atoms with Crippen LogP contribution in [0.25, 0.3) is 0 Å². The Morgan fingerprint density at radius 1 is 0.895 bits per heavy atom. The predicted molar refractivity (Wildman–Crippen MR) is 68.9 cm³/mol. The van der Waals surface area contributed by atoms with Gasteiger partial charge in [-0.25, -0.2) is 0 Å². The molecule has 0 rings (SSSR count). The van der Waals surface area contributed by atoms with Crippen LogP contribution in [-0.4, -0.2) is 15.0 Å². The van der Waals surface area contributed by atoms with Gasteiger partial charge < -0.3 is 13.3 Å². The highest BCUT2D eigenvalue weighted by molar-refractivity contribution is 6.61. The molecule has 0 saturated heterocycles. The Morgan fingerprint density at radius 2 is 1.21 bits per heavy atom. The van der Waals surface area contributed by atoms with Crippen LogP contribution >= 0.6 is 0 Å². The predicted octanol–water partition coefficient (Wildman–Crippen LogP) is 4.53. The van der Waals surface area contributed by atoms with Crippen LogP contribution in [0.5, 0.6) is 0 Å². The third kappa shape index (κ3) is 8.36. The lowest BCUT2D eigenvalue weighted by Gasteiger charge is -2.30. The van der Waals surface area contributed by atoms with Crippen molar-refractivity contribution < 1.29 is 26.4 Å². The first-order valence-electron chi connectivity index (χ1n) is 5.56. The van der Waals surface area contributed by atoms with Crippen LogP contribution in [0.4, 0.5) is 13.2 Å². The van der Waals surface area contributed by atoms with E-state index < -0.39 is 27.4 Å². The molecule has 0 radical (unpaired) electrons. The van der Waals surface area contributed by atoms with Gasteiger partial charge in [-0.2, -0.15) is 13.2 Å². The summed E-state index contributed by atoms with van der Waals surface area (Å²) < 4.78 is 53.2. The van der Waals surface area contributed by atoms with Crippen LogP contribution in [-0.2, 0) is 13.3 Å². The highest BCUT2D eigenvalue weighted by atomic mass is 28.4. The summed E-state index contributed by atoms with van der Waals surface area (Å²) in [6.45, 7) is 15.1. The third-order valence-corrected chi connectivity index (χ3v) is 4.54. The Kier molecular flexibility index (Phi) is 6.21. The van der Waals surface area contributed by atoms with Crippen molar-refractivity contribution in [1.29, 1.82) is 0 Å². The lowest BCUT2D eigenvalue weighted by molar-refractivity contribution is -0.132. The van der Waals surface area contributed by atoms with E-state index in [0.29, 0.717) is 0 Å². The zero-order valence-corrected chi connectivity index (χ0v) is 12.4. The molecule has 110 valence electrons. The van der Waals surface area contributed by atoms with E-state index in [1.807, 2.05) is 0 Å². The Labute approximate surface area is 112 Å². The number of halogens is 3. The van der Waals surface area contributed by atoms with Crippen molar-refractivity contribution in [3.05, 3.63) is 37.0 Å². The van der Waals surface area contributed by atoms with Gasteiger partial charge in [-0.05, 0) is 20.8 Å². The molecule has 0 aromatic heterocycles. The van der Waals surface area contributed by atoms with E-state index in [0.717, 1.165) is 0 Å². The van der Waals surface area contributed by atoms with Crippen LogP contribution in [0.2, 0.25) is 6.04 Å². The van der Waals surface area contributed by atoms with Crippen molar-refractivity contribution in [2.24, 2.45) is 0 Å². The summed E-state index contributed by atoms with van der Waals surface area (Å²) in [7, 11) is -3.61. The van der Waals surface area contributed by atoms with Gasteiger partial charge in [-0.1, -0.05) is 19.7 Å². The third-order valence-electron chi connectivity index (χ3n) is 1.70. The van der Waals surface area contributed by atoms with E-state index in [1.54, 1.807) is 0 Å². The molecule has 0 aromatic carbocycles. The number of hydrogen-bond donors (Lipinski definition) is 0. The molecule has 3 nitrogen and oxygen atoms in total. The molecule has 0 aliphatic heterocycles. The van der Waals surface area contributed by atoms with Gasteiger partial charge in [0.05, 0.1) is 29.7 Å². The number of hydrogen-bond acceptors (Lipinski definition) is 3. The molecule has 7 heteroatoms. The van der Waals surface area contributed by atoms with Crippen LogP contribution in [0.3, 0.4) is 0 Å². The second kappa shape index (κ2) is 6.69. The largest absolute Gasteiger partial charge is 0.698 e. The van der Waals surface area contributed by atoms with Gasteiger partial charge in [0.15, 0.2) is 0 Å². The van der Waals surface area contributed by atoms with Gasteiger partial charge >= 0.3 is 15.0 Å². The summed E-state index contributed by atoms with van der Waals surface area (Å²) >= 11 is 0. The first-order chi connectivity index (χ1) is 8.46. The average Bonchev–Trinajstić information content (AvgIpc) is 2.09. The Bertz CT molecular complexity index is 323. The van der Waals surface area contributed by atoms with Gasteiger partial charge in [0.25, 0.3) is 0 Å². The molecule has 0 atom stereocenters. The molecule has 0 spiro atoms. The van der Waals surface area contributed by atoms with Crippen LogP contribution in [0, 0.1) is 0 Å². The molecule has 19 heavy (non-hydrogen) atoms. The van der Waals surface area contributed by atoms with E-state index in [4.69, 9.17) is 13.3 Å². The fourth-order valence-corrected chi connectivity index (χ4v) is 3.92. The second-order valence-corrected chi connectivity index (χ2v) is 6.69. The van der Waals surface area contributed by atoms with Crippen LogP contribution in [0.15, 0.2) is 37.0 Å². The summed E-state index contributed by atoms with van der Waals surface area (Å²) in [5.41, 5.74) is 0. The van der Waals surface area contributed by atoms with E-state index >= 15 is 0 Å². The smallest absolute Gasteiger partial charge is 0.488 e. The first-order valence-corrected chi connectivity index (χ1v) is 7.49. The SMILES string of the molecule is C=C(C)O[Si](CCC(F)(F)F)(OC(=C)C)OC(=C)C. The van der Waals surface area contributed by atoms with Crippen molar-refractivity contribution in [3.8, 4) is 0 Å². The maximum Gasteiger partial charge on any atom is 0.698 e. The Morgan fingerprint density at radius 3 is 1.42 bits per heavy atom. The fraction of sp³-hybridized carbons (Fsp3) is 0.500. The van der Waals surface area contributed by atoms with Crippen molar-refractivity contribution >= 4 is 8.80 Å². The van der Waals surface area contributed by atoms with E-state index in [2.05, 4.69) is 19.7 Å². The van der Waals surface area contributed by atoms with Crippen molar-refractivity contribution in [2.45, 2.75) is 39.4 Å². The quantitative estimate of drug-likeness (QED) is 0.486. The van der Waals surface area contributed by atoms with Crippen LogP contribution < -0.4 is 0 Å². The van der Waals surface area contributed by atoms with Crippen molar-refractivity contribution in [2.75, 3.05) is 0 Å². The molecule has 0 saturated carbocycles. The van der Waals surface area contributed by atoms with E-state index in [9.17, 15) is 13.2 Å². The van der Waals surface area contributed by atoms with Gasteiger partial charge in [0, 0.05) is 0 Å². The standard InChI is InChI=1S/C12H19F3O3Si/c1-9(2)16-19(17-10(3)4,18-11(5)6)8-7-12(13,14)15/h1,3,5,7-8H2,2,4,6H3. The van der Waals surface area contributed by atoms with Crippen molar-refractivity contribution in [3.63, 3.8) is 0 Å². The monoisotopic (exact) mass is 296 g/mol. The minimum Gasteiger partial charge on any atom is -0.488 e. The minimum atomic E-state index is -4.33. The molecule has 0 fully saturated rings.